The Morgan fingerprint density at radius 1 is 0.378 bits per heavy atom. The molecule has 0 aromatic heterocycles. The van der Waals surface area contributed by atoms with Crippen LogP contribution < -0.4 is 26.1 Å². The predicted molar refractivity (Wildman–Crippen MR) is 166 cm³/mol. The molecule has 0 atom stereocenters. The van der Waals surface area contributed by atoms with Gasteiger partial charge in [-0.2, -0.15) is 0 Å². The summed E-state index contributed by atoms with van der Waals surface area (Å²) in [7, 11) is -3.91. The lowest BCUT2D eigenvalue weighted by Gasteiger charge is -2.40. The summed E-state index contributed by atoms with van der Waals surface area (Å²) in [4.78, 5) is 4.85. The summed E-state index contributed by atoms with van der Waals surface area (Å²) in [6.07, 6.45) is 10.7. The number of hydrogen-bond acceptors (Lipinski definition) is 1. The van der Waals surface area contributed by atoms with Crippen molar-refractivity contribution in [2.45, 2.75) is 62.7 Å². The summed E-state index contributed by atoms with van der Waals surface area (Å²) in [5.41, 5.74) is 1.34. The molecule has 0 bridgehead atoms. The maximum Gasteiger partial charge on any atom is 0.186 e. The fourth-order valence-electron chi connectivity index (χ4n) is 7.02. The lowest BCUT2D eigenvalue weighted by Crippen LogP contribution is -2.47. The van der Waals surface area contributed by atoms with Crippen LogP contribution in [0, 0.1) is 0 Å². The summed E-state index contributed by atoms with van der Waals surface area (Å²) in [5.74, 6) is 0. The van der Waals surface area contributed by atoms with Crippen LogP contribution in [0.15, 0.2) is 121 Å². The minimum absolute atomic E-state index is 0.672. The van der Waals surface area contributed by atoms with Gasteiger partial charge >= 0.3 is 0 Å². The molecule has 2 saturated carbocycles. The van der Waals surface area contributed by atoms with Crippen LogP contribution in [-0.2, 0) is 0 Å². The largest absolute Gasteiger partial charge is 0.186 e. The highest BCUT2D eigenvalue weighted by Crippen LogP contribution is 2.74. The van der Waals surface area contributed by atoms with Gasteiger partial charge in [-0.1, -0.05) is 77.7 Å². The maximum absolute atomic E-state index is 4.85. The summed E-state index contributed by atoms with van der Waals surface area (Å²) < 4.78 is 0. The van der Waals surface area contributed by atoms with Crippen molar-refractivity contribution in [3.05, 3.63) is 121 Å². The number of benzene rings is 4. The van der Waals surface area contributed by atoms with E-state index in [2.05, 4.69) is 121 Å². The van der Waals surface area contributed by atoms with E-state index in [9.17, 15) is 0 Å². The van der Waals surface area contributed by atoms with E-state index in [-0.39, 0.29) is 0 Å². The van der Waals surface area contributed by atoms with Crippen molar-refractivity contribution in [2.24, 2.45) is 0 Å². The first-order valence-electron chi connectivity index (χ1n) is 14.1. The Kier molecular flexibility index (Phi) is 7.57. The minimum atomic E-state index is -1.95. The number of nitrogens with one attached hydrogen (secondary N) is 1. The molecule has 2 aliphatic rings. The van der Waals surface area contributed by atoms with E-state index in [1.54, 1.807) is 0 Å². The highest BCUT2D eigenvalue weighted by molar-refractivity contribution is 8.02. The van der Waals surface area contributed by atoms with Crippen molar-refractivity contribution in [3.63, 3.8) is 0 Å². The first kappa shape index (κ1) is 25.0. The van der Waals surface area contributed by atoms with Crippen molar-refractivity contribution in [2.75, 3.05) is 0 Å². The van der Waals surface area contributed by atoms with E-state index >= 15 is 0 Å². The van der Waals surface area contributed by atoms with Crippen LogP contribution in [0.5, 0.6) is 0 Å². The quantitative estimate of drug-likeness (QED) is 0.234. The Bertz CT molecular complexity index is 1070. The Morgan fingerprint density at radius 2 is 0.622 bits per heavy atom. The van der Waals surface area contributed by atoms with Crippen molar-refractivity contribution in [3.8, 4) is 0 Å². The van der Waals surface area contributed by atoms with Crippen molar-refractivity contribution < 1.29 is 0 Å². The molecule has 2 aliphatic carbocycles. The Morgan fingerprint density at radius 3 is 0.865 bits per heavy atom. The molecule has 6 rings (SSSR count). The lowest BCUT2D eigenvalue weighted by molar-refractivity contribution is 0.870. The third kappa shape index (κ3) is 4.61. The highest BCUT2D eigenvalue weighted by Gasteiger charge is 2.64. The standard InChI is InChI=1S/C34H39NP2/c1-5-17-29(18-6-1)36(33-25-13-14-26-33,30-19-7-2-8-20-30)35-37(34-27-15-16-28-34,31-21-9-3-10-22-31)32-23-11-4-12-24-32/h1-12,17-24,33-35H,13-16,25-28H2/q+2. The summed E-state index contributed by atoms with van der Waals surface area (Å²) in [6, 6.07) is 46.4. The highest BCUT2D eigenvalue weighted by atomic mass is 31.2. The number of hydrogen-bond donors (Lipinski definition) is 1. The Hall–Kier alpha value is -2.30. The summed E-state index contributed by atoms with van der Waals surface area (Å²) >= 11 is 0. The summed E-state index contributed by atoms with van der Waals surface area (Å²) in [6.45, 7) is 0. The smallest absolute Gasteiger partial charge is 0.0620 e. The lowest BCUT2D eigenvalue weighted by atomic mass is 10.3. The number of rotatable bonds is 8. The van der Waals surface area contributed by atoms with Gasteiger partial charge in [-0.3, -0.25) is 0 Å². The van der Waals surface area contributed by atoms with Crippen LogP contribution in [-0.4, -0.2) is 11.3 Å². The van der Waals surface area contributed by atoms with Crippen LogP contribution in [0.3, 0.4) is 0 Å². The van der Waals surface area contributed by atoms with Crippen LogP contribution in [0.1, 0.15) is 51.4 Å². The molecule has 3 heteroatoms. The Labute approximate surface area is 224 Å². The molecule has 188 valence electrons. The SMILES string of the molecule is c1ccc([P+](N[P+](c2ccccc2)(c2ccccc2)C2CCCC2)(c2ccccc2)C2CCCC2)cc1. The Balaban J connectivity index is 1.66. The van der Waals surface area contributed by atoms with E-state index in [1.165, 1.54) is 72.6 Å². The topological polar surface area (TPSA) is 12.0 Å². The molecular formula is C34H39NP2+2. The van der Waals surface area contributed by atoms with Gasteiger partial charge in [0.15, 0.2) is 14.8 Å². The van der Waals surface area contributed by atoms with E-state index in [0.717, 1.165) is 0 Å². The van der Waals surface area contributed by atoms with Crippen molar-refractivity contribution in [1.29, 1.82) is 0 Å². The average Bonchev–Trinajstić information content (AvgIpc) is 3.72. The monoisotopic (exact) mass is 523 g/mol. The van der Waals surface area contributed by atoms with Gasteiger partial charge in [0.1, 0.15) is 21.2 Å². The first-order chi connectivity index (χ1) is 18.3. The molecule has 0 aliphatic heterocycles. The first-order valence-corrected chi connectivity index (χ1v) is 17.8. The fraction of sp³-hybridized carbons (Fsp3) is 0.294. The second kappa shape index (κ2) is 11.2. The van der Waals surface area contributed by atoms with Crippen molar-refractivity contribution in [1.82, 2.24) is 4.86 Å². The van der Waals surface area contributed by atoms with Crippen LogP contribution in [0.4, 0.5) is 0 Å². The van der Waals surface area contributed by atoms with E-state index in [4.69, 9.17) is 4.86 Å². The third-order valence-electron chi connectivity index (χ3n) is 8.71. The second-order valence-corrected chi connectivity index (χ2v) is 18.0. The van der Waals surface area contributed by atoms with Crippen LogP contribution in [0.25, 0.3) is 0 Å². The van der Waals surface area contributed by atoms with E-state index in [0.29, 0.717) is 11.3 Å². The molecule has 2 fully saturated rings. The minimum Gasteiger partial charge on any atom is -0.0620 e. The molecular weight excluding hydrogens is 484 g/mol. The molecule has 0 spiro atoms. The van der Waals surface area contributed by atoms with Crippen LogP contribution in [0.2, 0.25) is 0 Å². The van der Waals surface area contributed by atoms with Gasteiger partial charge < -0.3 is 0 Å². The zero-order chi connectivity index (χ0) is 25.0. The predicted octanol–water partition coefficient (Wildman–Crippen LogP) is 7.63. The third-order valence-corrected chi connectivity index (χ3v) is 18.9. The molecule has 0 saturated heterocycles. The zero-order valence-corrected chi connectivity index (χ0v) is 23.5. The van der Waals surface area contributed by atoms with Gasteiger partial charge in [-0.15, -0.1) is 0 Å². The fourth-order valence-corrected chi connectivity index (χ4v) is 19.3. The van der Waals surface area contributed by atoms with Crippen molar-refractivity contribution >= 4 is 36.0 Å². The van der Waals surface area contributed by atoms with Gasteiger partial charge in [-0.25, -0.2) is 0 Å². The second-order valence-electron chi connectivity index (χ2n) is 10.8. The van der Waals surface area contributed by atoms with Gasteiger partial charge in [0.2, 0.25) is 0 Å². The zero-order valence-electron chi connectivity index (χ0n) is 21.8. The maximum atomic E-state index is 4.85. The van der Waals surface area contributed by atoms with Gasteiger partial charge in [0, 0.05) is 0 Å². The molecule has 1 nitrogen and oxygen atoms in total. The molecule has 1 N–H and O–H groups in total. The molecule has 0 radical (unpaired) electrons. The molecule has 4 aromatic rings. The van der Waals surface area contributed by atoms with E-state index < -0.39 is 14.8 Å². The molecule has 4 aromatic carbocycles. The molecule has 0 unspecified atom stereocenters. The average molecular weight is 524 g/mol. The van der Waals surface area contributed by atoms with Gasteiger partial charge in [-0.05, 0) is 99.9 Å². The molecule has 0 amide bonds. The van der Waals surface area contributed by atoms with Gasteiger partial charge in [0.25, 0.3) is 0 Å². The molecule has 0 heterocycles. The van der Waals surface area contributed by atoms with E-state index in [1.807, 2.05) is 0 Å². The van der Waals surface area contributed by atoms with Gasteiger partial charge in [0.05, 0.1) is 11.3 Å². The normalized spacial score (nSPS) is 17.3. The van der Waals surface area contributed by atoms with Crippen LogP contribution >= 0.6 is 14.8 Å². The summed E-state index contributed by atoms with van der Waals surface area (Å²) in [5, 5.41) is 6.12. The molecule has 37 heavy (non-hydrogen) atoms.